The first-order valence-corrected chi connectivity index (χ1v) is 7.62. The maximum Gasteiger partial charge on any atom is 0.243 e. The molecule has 3 rings (SSSR count). The molecule has 6 heteroatoms. The molecule has 0 saturated carbocycles. The van der Waals surface area contributed by atoms with Crippen molar-refractivity contribution in [3.8, 4) is 0 Å². The summed E-state index contributed by atoms with van der Waals surface area (Å²) in [5.74, 6) is -0.262. The number of nitrogens with zero attached hydrogens (tertiary/aromatic N) is 3. The Labute approximate surface area is 135 Å². The highest BCUT2D eigenvalue weighted by atomic mass is 16.2. The quantitative estimate of drug-likeness (QED) is 0.929. The molecule has 0 aliphatic carbocycles. The Hall–Kier alpha value is -2.63. The van der Waals surface area contributed by atoms with Crippen molar-refractivity contribution in [2.75, 3.05) is 4.90 Å². The first-order chi connectivity index (χ1) is 11.0. The zero-order valence-electron chi connectivity index (χ0n) is 13.5. The third kappa shape index (κ3) is 2.84. The van der Waals surface area contributed by atoms with Gasteiger partial charge in [-0.2, -0.15) is 5.10 Å². The average Bonchev–Trinajstić information content (AvgIpc) is 3.04. The normalized spacial score (nSPS) is 16.3. The molecule has 2 amide bonds. The highest BCUT2D eigenvalue weighted by Gasteiger charge is 2.36. The van der Waals surface area contributed by atoms with Gasteiger partial charge in [0.05, 0.1) is 17.9 Å². The summed E-state index contributed by atoms with van der Waals surface area (Å²) in [4.78, 5) is 26.2. The molecule has 0 spiro atoms. The summed E-state index contributed by atoms with van der Waals surface area (Å²) in [5, 5.41) is 7.18. The van der Waals surface area contributed by atoms with Gasteiger partial charge in [0.25, 0.3) is 0 Å². The van der Waals surface area contributed by atoms with Crippen molar-refractivity contribution in [2.45, 2.75) is 32.9 Å². The van der Waals surface area contributed by atoms with Crippen LogP contribution in [0.5, 0.6) is 0 Å². The van der Waals surface area contributed by atoms with Crippen LogP contribution in [0.15, 0.2) is 30.3 Å². The van der Waals surface area contributed by atoms with Crippen molar-refractivity contribution in [1.82, 2.24) is 15.1 Å². The minimum absolute atomic E-state index is 0.119. The number of nitrogens with one attached hydrogen (secondary N) is 1. The van der Waals surface area contributed by atoms with Gasteiger partial charge >= 0.3 is 0 Å². The van der Waals surface area contributed by atoms with E-state index in [0.717, 1.165) is 22.6 Å². The number of aromatic nitrogens is 2. The van der Waals surface area contributed by atoms with E-state index in [0.29, 0.717) is 13.0 Å². The number of carbonyl (C=O) groups excluding carboxylic acids is 2. The van der Waals surface area contributed by atoms with Crippen molar-refractivity contribution >= 4 is 17.5 Å². The van der Waals surface area contributed by atoms with E-state index < -0.39 is 6.04 Å². The number of fused-ring (bicyclic) bond motifs is 1. The average molecular weight is 312 g/mol. The lowest BCUT2D eigenvalue weighted by Crippen LogP contribution is -2.47. The molecule has 1 atom stereocenters. The van der Waals surface area contributed by atoms with E-state index in [1.807, 2.05) is 44.3 Å². The fraction of sp³-hybridized carbons (Fsp3) is 0.353. The third-order valence-electron chi connectivity index (χ3n) is 4.16. The highest BCUT2D eigenvalue weighted by molar-refractivity contribution is 6.02. The van der Waals surface area contributed by atoms with Gasteiger partial charge in [0, 0.05) is 26.1 Å². The second-order valence-electron chi connectivity index (χ2n) is 5.86. The van der Waals surface area contributed by atoms with Gasteiger partial charge in [-0.15, -0.1) is 0 Å². The SMILES string of the molecule is CC(=O)N1c2ccccc2C[C@H]1C(=O)NCc1cc(C)nn1C. The van der Waals surface area contributed by atoms with Gasteiger partial charge < -0.3 is 5.32 Å². The lowest BCUT2D eigenvalue weighted by Gasteiger charge is -2.23. The van der Waals surface area contributed by atoms with Crippen LogP contribution in [0.4, 0.5) is 5.69 Å². The molecule has 0 radical (unpaired) electrons. The van der Waals surface area contributed by atoms with Crippen LogP contribution in [0, 0.1) is 6.92 Å². The second-order valence-corrected chi connectivity index (χ2v) is 5.86. The van der Waals surface area contributed by atoms with Crippen LogP contribution in [0.1, 0.15) is 23.9 Å². The molecule has 23 heavy (non-hydrogen) atoms. The smallest absolute Gasteiger partial charge is 0.243 e. The van der Waals surface area contributed by atoms with E-state index in [1.54, 1.807) is 9.58 Å². The van der Waals surface area contributed by atoms with Gasteiger partial charge in [0.1, 0.15) is 6.04 Å². The number of para-hydroxylation sites is 1. The van der Waals surface area contributed by atoms with Crippen LogP contribution >= 0.6 is 0 Å². The van der Waals surface area contributed by atoms with Crippen LogP contribution in [-0.4, -0.2) is 27.6 Å². The molecule has 1 aliphatic heterocycles. The Morgan fingerprint density at radius 1 is 1.35 bits per heavy atom. The molecule has 1 aromatic heterocycles. The van der Waals surface area contributed by atoms with Crippen molar-refractivity contribution in [2.24, 2.45) is 7.05 Å². The number of rotatable bonds is 3. The molecule has 0 saturated heterocycles. The largest absolute Gasteiger partial charge is 0.349 e. The third-order valence-corrected chi connectivity index (χ3v) is 4.16. The molecule has 0 bridgehead atoms. The molecular formula is C17H20N4O2. The molecule has 1 aliphatic rings. The van der Waals surface area contributed by atoms with Crippen LogP contribution in [-0.2, 0) is 29.6 Å². The minimum Gasteiger partial charge on any atom is -0.349 e. The van der Waals surface area contributed by atoms with Gasteiger partial charge in [0.15, 0.2) is 0 Å². The first-order valence-electron chi connectivity index (χ1n) is 7.62. The Kier molecular flexibility index (Phi) is 3.90. The standard InChI is InChI=1S/C17H20N4O2/c1-11-8-14(20(3)19-11)10-18-17(23)16-9-13-6-4-5-7-15(13)21(16)12(2)22/h4-8,16H,9-10H2,1-3H3,(H,18,23)/t16-/m0/s1. The number of benzene rings is 1. The van der Waals surface area contributed by atoms with E-state index in [4.69, 9.17) is 0 Å². The number of aryl methyl sites for hydroxylation is 2. The molecule has 1 N–H and O–H groups in total. The minimum atomic E-state index is -0.487. The van der Waals surface area contributed by atoms with Gasteiger partial charge in [0.2, 0.25) is 11.8 Å². The van der Waals surface area contributed by atoms with E-state index in [9.17, 15) is 9.59 Å². The number of anilines is 1. The molecule has 2 aromatic rings. The summed E-state index contributed by atoms with van der Waals surface area (Å²) >= 11 is 0. The fourth-order valence-electron chi connectivity index (χ4n) is 3.11. The maximum atomic E-state index is 12.6. The predicted octanol–water partition coefficient (Wildman–Crippen LogP) is 1.32. The van der Waals surface area contributed by atoms with Gasteiger partial charge in [-0.1, -0.05) is 18.2 Å². The molecule has 1 aromatic carbocycles. The molecule has 0 unspecified atom stereocenters. The molecule has 6 nitrogen and oxygen atoms in total. The van der Waals surface area contributed by atoms with E-state index in [1.165, 1.54) is 6.92 Å². The van der Waals surface area contributed by atoms with Crippen LogP contribution < -0.4 is 10.2 Å². The van der Waals surface area contributed by atoms with Gasteiger partial charge in [-0.05, 0) is 24.6 Å². The lowest BCUT2D eigenvalue weighted by molar-refractivity contribution is -0.125. The Morgan fingerprint density at radius 2 is 2.09 bits per heavy atom. The Bertz CT molecular complexity index is 766. The van der Waals surface area contributed by atoms with Crippen molar-refractivity contribution < 1.29 is 9.59 Å². The molecular weight excluding hydrogens is 292 g/mol. The highest BCUT2D eigenvalue weighted by Crippen LogP contribution is 2.32. The van der Waals surface area contributed by atoms with Crippen LogP contribution in [0.3, 0.4) is 0 Å². The summed E-state index contributed by atoms with van der Waals surface area (Å²) in [6.45, 7) is 3.80. The Balaban J connectivity index is 1.75. The lowest BCUT2D eigenvalue weighted by atomic mass is 10.1. The summed E-state index contributed by atoms with van der Waals surface area (Å²) in [7, 11) is 1.85. The van der Waals surface area contributed by atoms with E-state index in [2.05, 4.69) is 10.4 Å². The van der Waals surface area contributed by atoms with E-state index in [-0.39, 0.29) is 11.8 Å². The first kappa shape index (κ1) is 15.3. The molecule has 120 valence electrons. The summed E-state index contributed by atoms with van der Waals surface area (Å²) in [6, 6.07) is 9.10. The number of hydrogen-bond acceptors (Lipinski definition) is 3. The van der Waals surface area contributed by atoms with E-state index >= 15 is 0 Å². The molecule has 2 heterocycles. The van der Waals surface area contributed by atoms with Crippen molar-refractivity contribution in [1.29, 1.82) is 0 Å². The summed E-state index contributed by atoms with van der Waals surface area (Å²) < 4.78 is 1.75. The summed E-state index contributed by atoms with van der Waals surface area (Å²) in [5.41, 5.74) is 3.70. The van der Waals surface area contributed by atoms with Crippen molar-refractivity contribution in [3.63, 3.8) is 0 Å². The Morgan fingerprint density at radius 3 is 2.74 bits per heavy atom. The summed E-state index contributed by atoms with van der Waals surface area (Å²) in [6.07, 6.45) is 0.548. The monoisotopic (exact) mass is 312 g/mol. The number of hydrogen-bond donors (Lipinski definition) is 1. The van der Waals surface area contributed by atoms with Gasteiger partial charge in [-0.25, -0.2) is 0 Å². The fourth-order valence-corrected chi connectivity index (χ4v) is 3.11. The zero-order chi connectivity index (χ0) is 16.6. The van der Waals surface area contributed by atoms with Crippen molar-refractivity contribution in [3.05, 3.63) is 47.3 Å². The van der Waals surface area contributed by atoms with Crippen LogP contribution in [0.2, 0.25) is 0 Å². The van der Waals surface area contributed by atoms with Gasteiger partial charge in [-0.3, -0.25) is 19.2 Å². The maximum absolute atomic E-state index is 12.6. The second kappa shape index (κ2) is 5.87. The zero-order valence-corrected chi connectivity index (χ0v) is 13.5. The number of carbonyl (C=O) groups is 2. The molecule has 0 fully saturated rings. The topological polar surface area (TPSA) is 67.2 Å². The van der Waals surface area contributed by atoms with Crippen LogP contribution in [0.25, 0.3) is 0 Å². The number of amides is 2. The predicted molar refractivity (Wildman–Crippen MR) is 86.9 cm³/mol.